The molecule has 0 aliphatic carbocycles. The molecule has 0 amide bonds. The fourth-order valence-electron chi connectivity index (χ4n) is 1.29. The third kappa shape index (κ3) is 1.64. The summed E-state index contributed by atoms with van der Waals surface area (Å²) in [6, 6.07) is 3.99. The summed E-state index contributed by atoms with van der Waals surface area (Å²) >= 11 is 0. The predicted molar refractivity (Wildman–Crippen MR) is 51.3 cm³/mol. The summed E-state index contributed by atoms with van der Waals surface area (Å²) < 4.78 is 0. The van der Waals surface area contributed by atoms with Crippen LogP contribution in [0.2, 0.25) is 0 Å². The molecule has 0 saturated carbocycles. The number of aromatic nitrogens is 3. The second kappa shape index (κ2) is 3.47. The molecule has 0 radical (unpaired) electrons. The van der Waals surface area contributed by atoms with Gasteiger partial charge in [0, 0.05) is 18.1 Å². The summed E-state index contributed by atoms with van der Waals surface area (Å²) in [4.78, 5) is 12.7. The van der Waals surface area contributed by atoms with E-state index in [4.69, 9.17) is 0 Å². The first-order valence-corrected chi connectivity index (χ1v) is 4.47. The molecule has 0 aliphatic rings. The molecule has 2 aromatic heterocycles. The first-order chi connectivity index (χ1) is 6.40. The molecule has 13 heavy (non-hydrogen) atoms. The van der Waals surface area contributed by atoms with Gasteiger partial charge in [-0.1, -0.05) is 13.3 Å². The van der Waals surface area contributed by atoms with E-state index in [0.29, 0.717) is 0 Å². The van der Waals surface area contributed by atoms with Crippen molar-refractivity contribution in [3.8, 4) is 0 Å². The Hall–Kier alpha value is -1.51. The highest BCUT2D eigenvalue weighted by molar-refractivity contribution is 5.68. The number of rotatable bonds is 2. The molecule has 3 heteroatoms. The summed E-state index contributed by atoms with van der Waals surface area (Å²) in [5.41, 5.74) is 2.70. The van der Waals surface area contributed by atoms with E-state index >= 15 is 0 Å². The number of pyridine rings is 1. The minimum Gasteiger partial charge on any atom is -0.251 e. The van der Waals surface area contributed by atoms with Crippen LogP contribution in [-0.2, 0) is 6.42 Å². The first kappa shape index (κ1) is 8.10. The van der Waals surface area contributed by atoms with Crippen molar-refractivity contribution in [3.05, 3.63) is 30.2 Å². The molecule has 0 aromatic carbocycles. The largest absolute Gasteiger partial charge is 0.251 e. The fraction of sp³-hybridized carbons (Fsp3) is 0.300. The Morgan fingerprint density at radius 1 is 1.15 bits per heavy atom. The van der Waals surface area contributed by atoms with E-state index in [1.807, 2.05) is 12.1 Å². The van der Waals surface area contributed by atoms with Gasteiger partial charge >= 0.3 is 0 Å². The highest BCUT2D eigenvalue weighted by Gasteiger charge is 1.97. The zero-order chi connectivity index (χ0) is 9.10. The van der Waals surface area contributed by atoms with Gasteiger partial charge in [-0.15, -0.1) is 0 Å². The lowest BCUT2D eigenvalue weighted by Crippen LogP contribution is -1.92. The van der Waals surface area contributed by atoms with E-state index in [0.717, 1.165) is 29.7 Å². The van der Waals surface area contributed by atoms with Gasteiger partial charge in [-0.3, -0.25) is 4.98 Å². The van der Waals surface area contributed by atoms with E-state index in [2.05, 4.69) is 21.9 Å². The molecule has 2 rings (SSSR count). The molecule has 2 heterocycles. The lowest BCUT2D eigenvalue weighted by atomic mass is 10.2. The van der Waals surface area contributed by atoms with Crippen molar-refractivity contribution in [2.24, 2.45) is 0 Å². The van der Waals surface area contributed by atoms with Gasteiger partial charge in [-0.2, -0.15) is 0 Å². The van der Waals surface area contributed by atoms with Gasteiger partial charge in [-0.25, -0.2) is 9.97 Å². The summed E-state index contributed by atoms with van der Waals surface area (Å²) in [6.45, 7) is 2.14. The smallest absolute Gasteiger partial charge is 0.178 e. The number of hydrogen-bond donors (Lipinski definition) is 0. The van der Waals surface area contributed by atoms with Crippen LogP contribution in [0.4, 0.5) is 0 Å². The van der Waals surface area contributed by atoms with E-state index in [-0.39, 0.29) is 0 Å². The monoisotopic (exact) mass is 173 g/mol. The highest BCUT2D eigenvalue weighted by atomic mass is 14.9. The van der Waals surface area contributed by atoms with Gasteiger partial charge in [-0.05, 0) is 18.6 Å². The Bertz CT molecular complexity index is 412. The molecule has 0 unspecified atom stereocenters. The molecule has 2 aromatic rings. The van der Waals surface area contributed by atoms with E-state index < -0.39 is 0 Å². The Kier molecular flexibility index (Phi) is 2.17. The van der Waals surface area contributed by atoms with Crippen LogP contribution in [-0.4, -0.2) is 15.0 Å². The molecule has 0 atom stereocenters. The maximum Gasteiger partial charge on any atom is 0.178 e. The van der Waals surface area contributed by atoms with Crippen molar-refractivity contribution < 1.29 is 0 Å². The van der Waals surface area contributed by atoms with E-state index in [9.17, 15) is 0 Å². The molecule has 3 nitrogen and oxygen atoms in total. The maximum absolute atomic E-state index is 4.39. The van der Waals surface area contributed by atoms with Gasteiger partial charge < -0.3 is 0 Å². The molecule has 0 N–H and O–H groups in total. The van der Waals surface area contributed by atoms with Crippen molar-refractivity contribution in [1.82, 2.24) is 15.0 Å². The van der Waals surface area contributed by atoms with Crippen LogP contribution < -0.4 is 0 Å². The molecule has 0 saturated heterocycles. The molecular formula is C10H11N3. The third-order valence-electron chi connectivity index (χ3n) is 1.90. The van der Waals surface area contributed by atoms with Crippen LogP contribution in [0.3, 0.4) is 0 Å². The molecule has 0 aliphatic heterocycles. The molecule has 0 spiro atoms. The molecule has 66 valence electrons. The molecule has 0 bridgehead atoms. The predicted octanol–water partition coefficient (Wildman–Crippen LogP) is 1.98. The van der Waals surface area contributed by atoms with Crippen molar-refractivity contribution in [2.45, 2.75) is 19.8 Å². The standard InChI is InChI=1S/C10H11N3/c1-2-3-8-4-5-9-10(13-8)12-7-6-11-9/h4-7H,2-3H2,1H3. The first-order valence-electron chi connectivity index (χ1n) is 4.47. The highest BCUT2D eigenvalue weighted by Crippen LogP contribution is 2.07. The second-order valence-electron chi connectivity index (χ2n) is 2.95. The minimum absolute atomic E-state index is 0.744. The lowest BCUT2D eigenvalue weighted by Gasteiger charge is -1.98. The van der Waals surface area contributed by atoms with Crippen LogP contribution in [0.15, 0.2) is 24.5 Å². The van der Waals surface area contributed by atoms with E-state index in [1.54, 1.807) is 12.4 Å². The summed E-state index contributed by atoms with van der Waals surface area (Å²) in [6.07, 6.45) is 5.47. The third-order valence-corrected chi connectivity index (χ3v) is 1.90. The molecule has 0 fully saturated rings. The van der Waals surface area contributed by atoms with Crippen LogP contribution in [0.1, 0.15) is 19.0 Å². The Labute approximate surface area is 76.9 Å². The Morgan fingerprint density at radius 2 is 2.00 bits per heavy atom. The van der Waals surface area contributed by atoms with Crippen LogP contribution in [0.5, 0.6) is 0 Å². The normalized spacial score (nSPS) is 10.5. The Morgan fingerprint density at radius 3 is 2.85 bits per heavy atom. The topological polar surface area (TPSA) is 38.7 Å². The quantitative estimate of drug-likeness (QED) is 0.697. The van der Waals surface area contributed by atoms with Gasteiger partial charge in [0.05, 0.1) is 0 Å². The number of hydrogen-bond acceptors (Lipinski definition) is 3. The van der Waals surface area contributed by atoms with Crippen LogP contribution in [0.25, 0.3) is 11.2 Å². The van der Waals surface area contributed by atoms with Gasteiger partial charge in [0.2, 0.25) is 0 Å². The zero-order valence-electron chi connectivity index (χ0n) is 7.57. The Balaban J connectivity index is 2.49. The number of nitrogens with zero attached hydrogens (tertiary/aromatic N) is 3. The summed E-state index contributed by atoms with van der Waals surface area (Å²) in [5.74, 6) is 0. The van der Waals surface area contributed by atoms with Crippen molar-refractivity contribution in [2.75, 3.05) is 0 Å². The summed E-state index contributed by atoms with van der Waals surface area (Å²) in [7, 11) is 0. The average Bonchev–Trinajstić information content (AvgIpc) is 2.18. The number of aryl methyl sites for hydroxylation is 1. The van der Waals surface area contributed by atoms with Crippen molar-refractivity contribution >= 4 is 11.2 Å². The van der Waals surface area contributed by atoms with Crippen LogP contribution >= 0.6 is 0 Å². The number of fused-ring (bicyclic) bond motifs is 1. The van der Waals surface area contributed by atoms with Crippen LogP contribution in [0, 0.1) is 0 Å². The van der Waals surface area contributed by atoms with Crippen molar-refractivity contribution in [3.63, 3.8) is 0 Å². The lowest BCUT2D eigenvalue weighted by molar-refractivity contribution is 0.886. The van der Waals surface area contributed by atoms with Gasteiger partial charge in [0.15, 0.2) is 5.65 Å². The molecular weight excluding hydrogens is 162 g/mol. The van der Waals surface area contributed by atoms with Gasteiger partial charge in [0.25, 0.3) is 0 Å². The minimum atomic E-state index is 0.744. The zero-order valence-corrected chi connectivity index (χ0v) is 7.57. The average molecular weight is 173 g/mol. The fourth-order valence-corrected chi connectivity index (χ4v) is 1.29. The van der Waals surface area contributed by atoms with Crippen molar-refractivity contribution in [1.29, 1.82) is 0 Å². The SMILES string of the molecule is CCCc1ccc2nccnc2n1. The second-order valence-corrected chi connectivity index (χ2v) is 2.95. The van der Waals surface area contributed by atoms with Gasteiger partial charge in [0.1, 0.15) is 5.52 Å². The van der Waals surface area contributed by atoms with E-state index in [1.165, 1.54) is 0 Å². The maximum atomic E-state index is 4.39. The summed E-state index contributed by atoms with van der Waals surface area (Å²) in [5, 5.41) is 0.